The van der Waals surface area contributed by atoms with Crippen molar-refractivity contribution in [3.8, 4) is 28.4 Å². The number of aromatic nitrogens is 2. The molecule has 28 heavy (non-hydrogen) atoms. The summed E-state index contributed by atoms with van der Waals surface area (Å²) in [6.45, 7) is 5.63. The van der Waals surface area contributed by atoms with Gasteiger partial charge in [0, 0.05) is 40.5 Å². The van der Waals surface area contributed by atoms with Crippen LogP contribution in [0.15, 0.2) is 36.7 Å². The predicted octanol–water partition coefficient (Wildman–Crippen LogP) is 5.57. The molecule has 0 aliphatic rings. The highest BCUT2D eigenvalue weighted by Gasteiger charge is 2.22. The fraction of sp³-hybridized carbons (Fsp3) is 0.200. The maximum absolute atomic E-state index is 6.57. The maximum Gasteiger partial charge on any atom is 0.227 e. The van der Waals surface area contributed by atoms with E-state index in [1.807, 2.05) is 13.0 Å². The molecule has 0 unspecified atom stereocenters. The number of rotatable bonds is 6. The lowest BCUT2D eigenvalue weighted by Gasteiger charge is -2.17. The third kappa shape index (κ3) is 3.66. The van der Waals surface area contributed by atoms with Crippen molar-refractivity contribution in [2.75, 3.05) is 26.6 Å². The second-order valence-corrected chi connectivity index (χ2v) is 6.75. The van der Waals surface area contributed by atoms with Crippen molar-refractivity contribution in [1.29, 1.82) is 0 Å². The van der Waals surface area contributed by atoms with Crippen molar-refractivity contribution in [3.05, 3.63) is 46.7 Å². The summed E-state index contributed by atoms with van der Waals surface area (Å²) in [6, 6.07) is 5.31. The molecule has 0 aliphatic heterocycles. The van der Waals surface area contributed by atoms with E-state index in [2.05, 4.69) is 21.9 Å². The minimum Gasteiger partial charge on any atom is -0.496 e. The Morgan fingerprint density at radius 1 is 0.964 bits per heavy atom. The van der Waals surface area contributed by atoms with Crippen LogP contribution in [0, 0.1) is 0 Å². The first kappa shape index (κ1) is 20.0. The molecule has 0 atom stereocenters. The van der Waals surface area contributed by atoms with Crippen molar-refractivity contribution in [3.63, 3.8) is 0 Å². The first-order valence-electron chi connectivity index (χ1n) is 8.27. The summed E-state index contributed by atoms with van der Waals surface area (Å²) in [7, 11) is 4.62. The van der Waals surface area contributed by atoms with Crippen LogP contribution in [-0.2, 0) is 0 Å². The number of benzene rings is 2. The average molecular weight is 420 g/mol. The summed E-state index contributed by atoms with van der Waals surface area (Å²) in [5.74, 6) is 1.88. The summed E-state index contributed by atoms with van der Waals surface area (Å²) in [5.41, 5.74) is 2.65. The van der Waals surface area contributed by atoms with Crippen LogP contribution in [0.5, 0.6) is 17.2 Å². The molecule has 1 aromatic heterocycles. The number of ether oxygens (including phenoxy) is 3. The Hall–Kier alpha value is -2.70. The van der Waals surface area contributed by atoms with Crippen molar-refractivity contribution < 1.29 is 14.2 Å². The third-order valence-corrected chi connectivity index (χ3v) is 4.82. The van der Waals surface area contributed by atoms with E-state index in [9.17, 15) is 0 Å². The molecule has 8 heteroatoms. The highest BCUT2D eigenvalue weighted by Crippen LogP contribution is 2.49. The van der Waals surface area contributed by atoms with Gasteiger partial charge in [0.15, 0.2) is 0 Å². The van der Waals surface area contributed by atoms with E-state index < -0.39 is 0 Å². The van der Waals surface area contributed by atoms with E-state index in [0.29, 0.717) is 49.9 Å². The van der Waals surface area contributed by atoms with Gasteiger partial charge in [0.25, 0.3) is 0 Å². The van der Waals surface area contributed by atoms with E-state index in [0.717, 1.165) is 11.1 Å². The Labute approximate surface area is 173 Å². The Kier molecular flexibility index (Phi) is 5.82. The summed E-state index contributed by atoms with van der Waals surface area (Å²) in [4.78, 5) is 8.80. The second-order valence-electron chi connectivity index (χ2n) is 5.99. The smallest absolute Gasteiger partial charge is 0.227 e. The predicted molar refractivity (Wildman–Crippen MR) is 113 cm³/mol. The third-order valence-electron chi connectivity index (χ3n) is 4.07. The minimum absolute atomic E-state index is 0.354. The molecular formula is C20H19Cl2N3O3. The topological polar surface area (TPSA) is 65.5 Å². The van der Waals surface area contributed by atoms with E-state index in [1.54, 1.807) is 25.4 Å². The van der Waals surface area contributed by atoms with Crippen LogP contribution in [0.25, 0.3) is 22.0 Å². The van der Waals surface area contributed by atoms with Gasteiger partial charge in [0.2, 0.25) is 5.95 Å². The number of fused-ring (bicyclic) bond motifs is 1. The van der Waals surface area contributed by atoms with Crippen molar-refractivity contribution in [2.24, 2.45) is 0 Å². The van der Waals surface area contributed by atoms with Crippen LogP contribution < -0.4 is 19.5 Å². The molecule has 0 saturated heterocycles. The van der Waals surface area contributed by atoms with Gasteiger partial charge in [0.05, 0.1) is 36.9 Å². The molecule has 0 amide bonds. The molecule has 2 aromatic carbocycles. The molecule has 0 bridgehead atoms. The molecule has 0 fully saturated rings. The van der Waals surface area contributed by atoms with Crippen LogP contribution >= 0.6 is 23.2 Å². The van der Waals surface area contributed by atoms with Gasteiger partial charge in [-0.05, 0) is 13.0 Å². The number of allylic oxidation sites excluding steroid dienone is 1. The lowest BCUT2D eigenvalue weighted by molar-refractivity contribution is 0.394. The summed E-state index contributed by atoms with van der Waals surface area (Å²) in [6.07, 6.45) is 1.70. The Bertz CT molecular complexity index is 1040. The summed E-state index contributed by atoms with van der Waals surface area (Å²) in [5, 5.41) is 4.49. The Morgan fingerprint density at radius 3 is 2.11 bits per heavy atom. The normalized spacial score (nSPS) is 10.6. The maximum atomic E-state index is 6.57. The molecule has 0 saturated carbocycles. The number of halogens is 2. The number of nitrogens with zero attached hydrogens (tertiary/aromatic N) is 2. The highest BCUT2D eigenvalue weighted by atomic mass is 35.5. The van der Waals surface area contributed by atoms with E-state index >= 15 is 0 Å². The molecule has 3 rings (SSSR count). The van der Waals surface area contributed by atoms with Gasteiger partial charge in [-0.1, -0.05) is 29.8 Å². The zero-order valence-corrected chi connectivity index (χ0v) is 17.4. The van der Waals surface area contributed by atoms with Crippen molar-refractivity contribution in [2.45, 2.75) is 6.92 Å². The van der Waals surface area contributed by atoms with Gasteiger partial charge in [-0.15, -0.1) is 0 Å². The summed E-state index contributed by atoms with van der Waals surface area (Å²) >= 11 is 13.1. The molecule has 0 spiro atoms. The molecule has 3 aromatic rings. The number of methoxy groups -OCH3 is 3. The van der Waals surface area contributed by atoms with Gasteiger partial charge in [-0.3, -0.25) is 0 Å². The number of anilines is 1. The number of nitrogens with one attached hydrogen (secondary N) is 1. The van der Waals surface area contributed by atoms with Gasteiger partial charge in [-0.25, -0.2) is 9.97 Å². The molecule has 146 valence electrons. The van der Waals surface area contributed by atoms with Crippen LogP contribution in [-0.4, -0.2) is 31.3 Å². The van der Waals surface area contributed by atoms with Crippen molar-refractivity contribution in [1.82, 2.24) is 9.97 Å². The summed E-state index contributed by atoms with van der Waals surface area (Å²) < 4.78 is 16.3. The van der Waals surface area contributed by atoms with E-state index in [1.165, 1.54) is 14.2 Å². The number of hydrogen-bond donors (Lipinski definition) is 1. The minimum atomic E-state index is 0.354. The van der Waals surface area contributed by atoms with Crippen LogP contribution in [0.2, 0.25) is 10.0 Å². The van der Waals surface area contributed by atoms with Gasteiger partial charge < -0.3 is 19.5 Å². The molecule has 1 heterocycles. The van der Waals surface area contributed by atoms with Crippen LogP contribution in [0.3, 0.4) is 0 Å². The standard InChI is InChI=1S/C20H19Cl2N3O3/c1-10(2)24-20-23-9-11-6-12(14(26-3)7-13(11)25-20)17-18(21)15(27-4)8-16(28-5)19(17)22/h6-9H,1H2,2-5H3,(H,23,24,25). The fourth-order valence-corrected chi connectivity index (χ4v) is 3.50. The zero-order valence-electron chi connectivity index (χ0n) is 15.9. The molecule has 1 N–H and O–H groups in total. The lowest BCUT2D eigenvalue weighted by Crippen LogP contribution is -2.00. The van der Waals surface area contributed by atoms with Crippen LogP contribution in [0.4, 0.5) is 5.95 Å². The second kappa shape index (κ2) is 8.12. The molecule has 0 radical (unpaired) electrons. The van der Waals surface area contributed by atoms with Gasteiger partial charge in [0.1, 0.15) is 17.2 Å². The first-order chi connectivity index (χ1) is 13.4. The van der Waals surface area contributed by atoms with Gasteiger partial charge in [-0.2, -0.15) is 0 Å². The lowest BCUT2D eigenvalue weighted by atomic mass is 10.0. The van der Waals surface area contributed by atoms with E-state index in [4.69, 9.17) is 37.4 Å². The quantitative estimate of drug-likeness (QED) is 0.562. The Morgan fingerprint density at radius 2 is 1.57 bits per heavy atom. The largest absolute Gasteiger partial charge is 0.496 e. The SMILES string of the molecule is C=C(C)Nc1ncc2cc(-c3c(Cl)c(OC)cc(OC)c3Cl)c(OC)cc2n1. The first-order valence-corrected chi connectivity index (χ1v) is 9.02. The monoisotopic (exact) mass is 419 g/mol. The Balaban J connectivity index is 2.27. The van der Waals surface area contributed by atoms with Crippen LogP contribution in [0.1, 0.15) is 6.92 Å². The van der Waals surface area contributed by atoms with Gasteiger partial charge >= 0.3 is 0 Å². The molecule has 0 aliphatic carbocycles. The fourth-order valence-electron chi connectivity index (χ4n) is 2.80. The number of hydrogen-bond acceptors (Lipinski definition) is 6. The van der Waals surface area contributed by atoms with Crippen molar-refractivity contribution >= 4 is 40.1 Å². The highest BCUT2D eigenvalue weighted by molar-refractivity contribution is 6.41. The zero-order chi connectivity index (χ0) is 20.4. The molecule has 6 nitrogen and oxygen atoms in total. The average Bonchev–Trinajstić information content (AvgIpc) is 2.67. The van der Waals surface area contributed by atoms with E-state index in [-0.39, 0.29) is 0 Å². The molecular weight excluding hydrogens is 401 g/mol.